The molecule has 6 aromatic rings. The maximum atomic E-state index is 14.0. The molecule has 0 aromatic heterocycles. The van der Waals surface area contributed by atoms with Crippen LogP contribution in [0.1, 0.15) is 33.4 Å². The molecule has 0 radical (unpaired) electrons. The van der Waals surface area contributed by atoms with Gasteiger partial charge < -0.3 is 0 Å². The van der Waals surface area contributed by atoms with Crippen LogP contribution in [0.4, 0.5) is 43.9 Å². The third kappa shape index (κ3) is 6.09. The standard InChI is InChI=1S/C38H18F10/c39-29-27(30(40)34(44)37(47)33(29)43)13-7-21-5-11-23-15-19(3-9-25(23)17-21)1-2-20-4-10-26-18-22(6-12-24(26)16-20)8-14-28-31(41)35(45)38(48)36(46)32(28)42/h1-18H. The van der Waals surface area contributed by atoms with E-state index in [2.05, 4.69) is 0 Å². The topological polar surface area (TPSA) is 0 Å². The molecule has 0 heterocycles. The summed E-state index contributed by atoms with van der Waals surface area (Å²) in [5.41, 5.74) is 0.568. The van der Waals surface area contributed by atoms with Crippen molar-refractivity contribution in [2.75, 3.05) is 0 Å². The molecule has 0 amide bonds. The lowest BCUT2D eigenvalue weighted by molar-refractivity contribution is 0.377. The summed E-state index contributed by atoms with van der Waals surface area (Å²) in [4.78, 5) is 0. The van der Waals surface area contributed by atoms with Gasteiger partial charge in [-0.25, -0.2) is 43.9 Å². The highest BCUT2D eigenvalue weighted by atomic mass is 19.2. The number of rotatable bonds is 6. The summed E-state index contributed by atoms with van der Waals surface area (Å²) in [6, 6.07) is 21.2. The molecule has 0 bridgehead atoms. The molecule has 0 unspecified atom stereocenters. The third-order valence-electron chi connectivity index (χ3n) is 7.62. The summed E-state index contributed by atoms with van der Waals surface area (Å²) in [6.07, 6.45) is 7.90. The molecule has 0 saturated carbocycles. The summed E-state index contributed by atoms with van der Waals surface area (Å²) < 4.78 is 137. The summed E-state index contributed by atoms with van der Waals surface area (Å²) >= 11 is 0. The van der Waals surface area contributed by atoms with Gasteiger partial charge in [-0.15, -0.1) is 0 Å². The van der Waals surface area contributed by atoms with Crippen molar-refractivity contribution in [3.63, 3.8) is 0 Å². The van der Waals surface area contributed by atoms with Crippen LogP contribution in [0.2, 0.25) is 0 Å². The molecule has 0 N–H and O–H groups in total. The number of benzene rings is 6. The van der Waals surface area contributed by atoms with Crippen LogP contribution in [-0.2, 0) is 0 Å². The van der Waals surface area contributed by atoms with Crippen LogP contribution in [0.3, 0.4) is 0 Å². The van der Waals surface area contributed by atoms with Gasteiger partial charge in [0.15, 0.2) is 46.5 Å². The Hall–Kier alpha value is -5.64. The van der Waals surface area contributed by atoms with E-state index in [1.807, 2.05) is 48.6 Å². The first-order valence-corrected chi connectivity index (χ1v) is 14.1. The average molecular weight is 665 g/mol. The third-order valence-corrected chi connectivity index (χ3v) is 7.62. The van der Waals surface area contributed by atoms with E-state index in [1.54, 1.807) is 36.4 Å². The van der Waals surface area contributed by atoms with Gasteiger partial charge in [0.05, 0.1) is 11.1 Å². The second-order valence-electron chi connectivity index (χ2n) is 10.7. The molecule has 0 fully saturated rings. The minimum absolute atomic E-state index is 0.474. The zero-order chi connectivity index (χ0) is 34.3. The van der Waals surface area contributed by atoms with E-state index >= 15 is 0 Å². The minimum atomic E-state index is -2.22. The highest BCUT2D eigenvalue weighted by Gasteiger charge is 2.25. The molecule has 0 aliphatic rings. The maximum Gasteiger partial charge on any atom is 0.200 e. The van der Waals surface area contributed by atoms with Crippen molar-refractivity contribution in [3.05, 3.63) is 164 Å². The monoisotopic (exact) mass is 664 g/mol. The Kier molecular flexibility index (Phi) is 8.66. The van der Waals surface area contributed by atoms with E-state index in [9.17, 15) is 43.9 Å². The Labute approximate surface area is 266 Å². The summed E-state index contributed by atoms with van der Waals surface area (Å²) in [7, 11) is 0. The van der Waals surface area contributed by atoms with Crippen molar-refractivity contribution in [1.82, 2.24) is 0 Å². The van der Waals surface area contributed by atoms with E-state index in [-0.39, 0.29) is 0 Å². The number of hydrogen-bond acceptors (Lipinski definition) is 0. The number of fused-ring (bicyclic) bond motifs is 2. The number of hydrogen-bond donors (Lipinski definition) is 0. The fourth-order valence-electron chi connectivity index (χ4n) is 5.07. The molecule has 0 atom stereocenters. The zero-order valence-corrected chi connectivity index (χ0v) is 24.2. The van der Waals surface area contributed by atoms with Crippen molar-refractivity contribution in [2.45, 2.75) is 0 Å². The first kappa shape index (κ1) is 32.3. The molecule has 0 nitrogen and oxygen atoms in total. The van der Waals surface area contributed by atoms with Gasteiger partial charge in [0, 0.05) is 0 Å². The molecule has 0 aliphatic heterocycles. The largest absolute Gasteiger partial charge is 0.203 e. The molecule has 10 heteroatoms. The molecule has 6 aromatic carbocycles. The van der Waals surface area contributed by atoms with Gasteiger partial charge in [0.25, 0.3) is 0 Å². The first-order chi connectivity index (χ1) is 22.9. The Balaban J connectivity index is 1.18. The van der Waals surface area contributed by atoms with Crippen molar-refractivity contribution in [3.8, 4) is 0 Å². The average Bonchev–Trinajstić information content (AvgIpc) is 3.10. The highest BCUT2D eigenvalue weighted by Crippen LogP contribution is 2.28. The molecule has 6 rings (SSSR count). The van der Waals surface area contributed by atoms with E-state index in [0.29, 0.717) is 11.1 Å². The Morgan fingerprint density at radius 1 is 0.250 bits per heavy atom. The summed E-state index contributed by atoms with van der Waals surface area (Å²) in [6.45, 7) is 0. The van der Waals surface area contributed by atoms with Gasteiger partial charge in [0.1, 0.15) is 0 Å². The predicted molar refractivity (Wildman–Crippen MR) is 167 cm³/mol. The summed E-state index contributed by atoms with van der Waals surface area (Å²) in [5, 5.41) is 3.19. The van der Waals surface area contributed by atoms with Gasteiger partial charge >= 0.3 is 0 Å². The Morgan fingerprint density at radius 3 is 0.708 bits per heavy atom. The maximum absolute atomic E-state index is 14.0. The van der Waals surface area contributed by atoms with Crippen LogP contribution in [-0.4, -0.2) is 0 Å². The van der Waals surface area contributed by atoms with Crippen LogP contribution >= 0.6 is 0 Å². The molecule has 0 aliphatic carbocycles. The molecule has 0 saturated heterocycles. The predicted octanol–water partition coefficient (Wildman–Crippen LogP) is 11.9. The summed E-state index contributed by atoms with van der Waals surface area (Å²) in [5.74, 6) is -20.2. The zero-order valence-electron chi connectivity index (χ0n) is 24.2. The van der Waals surface area contributed by atoms with Crippen molar-refractivity contribution >= 4 is 58.0 Å². The molecular formula is C38H18F10. The minimum Gasteiger partial charge on any atom is -0.203 e. The lowest BCUT2D eigenvalue weighted by atomic mass is 10.0. The molecular weight excluding hydrogens is 646 g/mol. The van der Waals surface area contributed by atoms with Crippen LogP contribution in [0.25, 0.3) is 58.0 Å². The highest BCUT2D eigenvalue weighted by molar-refractivity contribution is 5.91. The second-order valence-corrected chi connectivity index (χ2v) is 10.7. The lowest BCUT2D eigenvalue weighted by Gasteiger charge is -2.05. The van der Waals surface area contributed by atoms with Gasteiger partial charge in [-0.3, -0.25) is 0 Å². The first-order valence-electron chi connectivity index (χ1n) is 14.1. The fourth-order valence-corrected chi connectivity index (χ4v) is 5.07. The SMILES string of the molecule is Fc1c(F)c(F)c(C=Cc2ccc3cc(C=Cc4ccc5cc(C=Cc6c(F)c(F)c(F)c(F)c6F)ccc5c4)ccc3c2)c(F)c1F. The molecule has 0 spiro atoms. The normalized spacial score (nSPS) is 12.1. The fraction of sp³-hybridized carbons (Fsp3) is 0. The smallest absolute Gasteiger partial charge is 0.200 e. The lowest BCUT2D eigenvalue weighted by Crippen LogP contribution is -2.03. The second kappa shape index (κ2) is 12.9. The number of halogens is 10. The van der Waals surface area contributed by atoms with Crippen molar-refractivity contribution in [1.29, 1.82) is 0 Å². The van der Waals surface area contributed by atoms with Crippen LogP contribution < -0.4 is 0 Å². The quantitative estimate of drug-likeness (QED) is 0.0720. The van der Waals surface area contributed by atoms with Crippen LogP contribution in [0, 0.1) is 58.2 Å². The van der Waals surface area contributed by atoms with Crippen molar-refractivity contribution in [2.24, 2.45) is 0 Å². The van der Waals surface area contributed by atoms with E-state index < -0.39 is 69.3 Å². The van der Waals surface area contributed by atoms with Crippen molar-refractivity contribution < 1.29 is 43.9 Å². The van der Waals surface area contributed by atoms with E-state index in [0.717, 1.165) is 44.8 Å². The van der Waals surface area contributed by atoms with E-state index in [4.69, 9.17) is 0 Å². The molecule has 48 heavy (non-hydrogen) atoms. The van der Waals surface area contributed by atoms with Crippen LogP contribution in [0.15, 0.2) is 72.8 Å². The van der Waals surface area contributed by atoms with E-state index in [1.165, 1.54) is 12.2 Å². The van der Waals surface area contributed by atoms with Crippen LogP contribution in [0.5, 0.6) is 0 Å². The van der Waals surface area contributed by atoms with Gasteiger partial charge in [0.2, 0.25) is 11.6 Å². The Morgan fingerprint density at radius 2 is 0.458 bits per heavy atom. The van der Waals surface area contributed by atoms with Gasteiger partial charge in [-0.05, 0) is 80.2 Å². The molecule has 240 valence electrons. The van der Waals surface area contributed by atoms with Gasteiger partial charge in [-0.1, -0.05) is 72.8 Å². The van der Waals surface area contributed by atoms with Gasteiger partial charge in [-0.2, -0.15) is 0 Å². The Bertz CT molecular complexity index is 2130.